The van der Waals surface area contributed by atoms with Crippen molar-refractivity contribution >= 4 is 11.8 Å². The fraction of sp³-hybridized carbons (Fsp3) is 0.800. The summed E-state index contributed by atoms with van der Waals surface area (Å²) in [5.41, 5.74) is 0. The Kier molecular flexibility index (Phi) is 8.46. The Morgan fingerprint density at radius 2 is 2.12 bits per heavy atom. The number of aliphatic hydroxyl groups is 1. The van der Waals surface area contributed by atoms with E-state index in [1.807, 2.05) is 0 Å². The maximum absolute atomic E-state index is 11.4. The molecule has 0 aliphatic carbocycles. The van der Waals surface area contributed by atoms with E-state index in [0.29, 0.717) is 19.6 Å². The minimum Gasteiger partial charge on any atom is -0.396 e. The van der Waals surface area contributed by atoms with E-state index in [-0.39, 0.29) is 31.4 Å². The van der Waals surface area contributed by atoms with Crippen LogP contribution in [0.15, 0.2) is 0 Å². The molecule has 2 N–H and O–H groups in total. The van der Waals surface area contributed by atoms with Crippen LogP contribution in [0.25, 0.3) is 0 Å². The average molecular weight is 232 g/mol. The van der Waals surface area contributed by atoms with E-state index < -0.39 is 0 Å². The number of aliphatic hydroxyl groups excluding tert-OH is 1. The van der Waals surface area contributed by atoms with Crippen LogP contribution in [0.3, 0.4) is 0 Å². The molecule has 0 aliphatic heterocycles. The van der Waals surface area contributed by atoms with Gasteiger partial charge in [0.05, 0.1) is 13.2 Å². The first-order valence-corrected chi connectivity index (χ1v) is 5.22. The molecular formula is C10H20N2O4. The fourth-order valence-electron chi connectivity index (χ4n) is 1.07. The molecule has 94 valence electrons. The second kappa shape index (κ2) is 9.11. The van der Waals surface area contributed by atoms with Crippen molar-refractivity contribution in [2.75, 3.05) is 40.5 Å². The van der Waals surface area contributed by atoms with Crippen LogP contribution in [0, 0.1) is 0 Å². The van der Waals surface area contributed by atoms with Gasteiger partial charge in [-0.25, -0.2) is 0 Å². The topological polar surface area (TPSA) is 78.9 Å². The molecule has 0 rings (SSSR count). The summed E-state index contributed by atoms with van der Waals surface area (Å²) in [5.74, 6) is -0.354. The lowest BCUT2D eigenvalue weighted by Gasteiger charge is -2.16. The lowest BCUT2D eigenvalue weighted by atomic mass is 10.3. The number of hydrogen-bond donors (Lipinski definition) is 2. The van der Waals surface area contributed by atoms with Gasteiger partial charge in [-0.3, -0.25) is 9.59 Å². The van der Waals surface area contributed by atoms with Gasteiger partial charge >= 0.3 is 0 Å². The summed E-state index contributed by atoms with van der Waals surface area (Å²) in [6.07, 6.45) is 0.687. The van der Waals surface area contributed by atoms with Crippen LogP contribution in [0.2, 0.25) is 0 Å². The molecule has 0 fully saturated rings. The van der Waals surface area contributed by atoms with Crippen molar-refractivity contribution in [3.63, 3.8) is 0 Å². The van der Waals surface area contributed by atoms with E-state index >= 15 is 0 Å². The van der Waals surface area contributed by atoms with Crippen LogP contribution in [0.1, 0.15) is 12.8 Å². The Bertz CT molecular complexity index is 221. The van der Waals surface area contributed by atoms with Crippen LogP contribution in [0.5, 0.6) is 0 Å². The van der Waals surface area contributed by atoms with Gasteiger partial charge in [0.2, 0.25) is 11.8 Å². The van der Waals surface area contributed by atoms with Gasteiger partial charge in [-0.05, 0) is 6.42 Å². The molecule has 2 amide bonds. The van der Waals surface area contributed by atoms with Crippen LogP contribution in [0.4, 0.5) is 0 Å². The van der Waals surface area contributed by atoms with Crippen molar-refractivity contribution in [2.24, 2.45) is 0 Å². The molecule has 0 aliphatic rings. The summed E-state index contributed by atoms with van der Waals surface area (Å²) in [7, 11) is 3.12. The molecule has 0 heterocycles. The summed E-state index contributed by atoms with van der Waals surface area (Å²) in [5, 5.41) is 11.2. The molecule has 6 heteroatoms. The molecule has 0 radical (unpaired) electrons. The fourth-order valence-corrected chi connectivity index (χ4v) is 1.07. The van der Waals surface area contributed by atoms with Crippen molar-refractivity contribution in [2.45, 2.75) is 12.8 Å². The summed E-state index contributed by atoms with van der Waals surface area (Å²) < 4.78 is 4.77. The molecule has 0 aromatic heterocycles. The number of nitrogens with zero attached hydrogens (tertiary/aromatic N) is 1. The van der Waals surface area contributed by atoms with Crippen LogP contribution < -0.4 is 5.32 Å². The number of nitrogens with one attached hydrogen (secondary N) is 1. The standard InChI is InChI=1S/C10H20N2O4/c1-12(10(15)4-3-6-13)8-9(14)11-5-7-16-2/h13H,3-8H2,1-2H3,(H,11,14). The number of amides is 2. The van der Waals surface area contributed by atoms with Gasteiger partial charge in [0, 0.05) is 33.7 Å². The van der Waals surface area contributed by atoms with Crippen LogP contribution >= 0.6 is 0 Å². The lowest BCUT2D eigenvalue weighted by molar-refractivity contribution is -0.134. The van der Waals surface area contributed by atoms with E-state index in [4.69, 9.17) is 9.84 Å². The lowest BCUT2D eigenvalue weighted by Crippen LogP contribution is -2.39. The Morgan fingerprint density at radius 3 is 2.69 bits per heavy atom. The van der Waals surface area contributed by atoms with E-state index in [2.05, 4.69) is 5.32 Å². The monoisotopic (exact) mass is 232 g/mol. The van der Waals surface area contributed by atoms with Crippen molar-refractivity contribution in [1.82, 2.24) is 10.2 Å². The first-order valence-electron chi connectivity index (χ1n) is 5.22. The smallest absolute Gasteiger partial charge is 0.239 e. The summed E-state index contributed by atoms with van der Waals surface area (Å²) in [4.78, 5) is 24.0. The van der Waals surface area contributed by atoms with Crippen molar-refractivity contribution < 1.29 is 19.4 Å². The maximum Gasteiger partial charge on any atom is 0.239 e. The number of rotatable bonds is 8. The number of carbonyl (C=O) groups excluding carboxylic acids is 2. The largest absolute Gasteiger partial charge is 0.396 e. The van der Waals surface area contributed by atoms with Gasteiger partial charge in [-0.1, -0.05) is 0 Å². The molecule has 0 bridgehead atoms. The van der Waals surface area contributed by atoms with Gasteiger partial charge in [-0.15, -0.1) is 0 Å². The molecule has 0 saturated carbocycles. The van der Waals surface area contributed by atoms with Gasteiger partial charge < -0.3 is 20.1 Å². The molecular weight excluding hydrogens is 212 g/mol. The molecule has 0 aromatic rings. The number of ether oxygens (including phenoxy) is 1. The minimum absolute atomic E-state index is 0.0143. The normalized spacial score (nSPS) is 9.94. The molecule has 0 unspecified atom stereocenters. The summed E-state index contributed by atoms with van der Waals surface area (Å²) in [6.45, 7) is 0.912. The number of methoxy groups -OCH3 is 1. The number of likely N-dealkylation sites (N-methyl/N-ethyl adjacent to an activating group) is 1. The maximum atomic E-state index is 11.4. The SMILES string of the molecule is COCCNC(=O)CN(C)C(=O)CCCO. The number of hydrogen-bond acceptors (Lipinski definition) is 4. The Hall–Kier alpha value is -1.14. The Morgan fingerprint density at radius 1 is 1.44 bits per heavy atom. The van der Waals surface area contributed by atoms with Crippen molar-refractivity contribution in [3.05, 3.63) is 0 Å². The summed E-state index contributed by atoms with van der Waals surface area (Å²) in [6, 6.07) is 0. The Labute approximate surface area is 95.6 Å². The Balaban J connectivity index is 3.71. The third kappa shape index (κ3) is 7.19. The van der Waals surface area contributed by atoms with Gasteiger partial charge in [-0.2, -0.15) is 0 Å². The van der Waals surface area contributed by atoms with Gasteiger partial charge in [0.1, 0.15) is 0 Å². The van der Waals surface area contributed by atoms with Crippen LogP contribution in [-0.4, -0.2) is 62.3 Å². The van der Waals surface area contributed by atoms with E-state index in [1.165, 1.54) is 4.90 Å². The highest BCUT2D eigenvalue weighted by Gasteiger charge is 2.11. The molecule has 0 aromatic carbocycles. The first kappa shape index (κ1) is 14.9. The highest BCUT2D eigenvalue weighted by Crippen LogP contribution is 1.94. The van der Waals surface area contributed by atoms with E-state index in [0.717, 1.165) is 0 Å². The second-order valence-electron chi connectivity index (χ2n) is 3.42. The first-order chi connectivity index (χ1) is 7.61. The highest BCUT2D eigenvalue weighted by atomic mass is 16.5. The molecule has 0 saturated heterocycles. The molecule has 6 nitrogen and oxygen atoms in total. The zero-order valence-electron chi connectivity index (χ0n) is 9.86. The van der Waals surface area contributed by atoms with Gasteiger partial charge in [0.15, 0.2) is 0 Å². The predicted molar refractivity (Wildman–Crippen MR) is 58.8 cm³/mol. The summed E-state index contributed by atoms with van der Waals surface area (Å²) >= 11 is 0. The quantitative estimate of drug-likeness (QED) is 0.525. The van der Waals surface area contributed by atoms with Crippen molar-refractivity contribution in [1.29, 1.82) is 0 Å². The molecule has 0 atom stereocenters. The van der Waals surface area contributed by atoms with Crippen LogP contribution in [-0.2, 0) is 14.3 Å². The third-order valence-corrected chi connectivity index (χ3v) is 1.98. The van der Waals surface area contributed by atoms with E-state index in [1.54, 1.807) is 14.2 Å². The second-order valence-corrected chi connectivity index (χ2v) is 3.42. The highest BCUT2D eigenvalue weighted by molar-refractivity contribution is 5.84. The third-order valence-electron chi connectivity index (χ3n) is 1.98. The van der Waals surface area contributed by atoms with Gasteiger partial charge in [0.25, 0.3) is 0 Å². The minimum atomic E-state index is -0.211. The molecule has 0 spiro atoms. The molecule has 16 heavy (non-hydrogen) atoms. The zero-order chi connectivity index (χ0) is 12.4. The van der Waals surface area contributed by atoms with E-state index in [9.17, 15) is 9.59 Å². The zero-order valence-corrected chi connectivity index (χ0v) is 9.86. The predicted octanol–water partition coefficient (Wildman–Crippen LogP) is -1.02. The average Bonchev–Trinajstić information content (AvgIpc) is 2.26. The number of carbonyl (C=O) groups is 2. The van der Waals surface area contributed by atoms with Crippen molar-refractivity contribution in [3.8, 4) is 0 Å².